The van der Waals surface area contributed by atoms with Crippen molar-refractivity contribution in [2.75, 3.05) is 31.6 Å². The second-order valence-electron chi connectivity index (χ2n) is 5.81. The van der Waals surface area contributed by atoms with E-state index in [0.29, 0.717) is 12.0 Å². The summed E-state index contributed by atoms with van der Waals surface area (Å²) in [6.07, 6.45) is 6.48. The van der Waals surface area contributed by atoms with Gasteiger partial charge < -0.3 is 15.0 Å². The number of rotatable bonds is 5. The first kappa shape index (κ1) is 14.3. The van der Waals surface area contributed by atoms with Crippen molar-refractivity contribution in [2.24, 2.45) is 5.92 Å². The quantitative estimate of drug-likeness (QED) is 0.823. The van der Waals surface area contributed by atoms with Gasteiger partial charge in [0.1, 0.15) is 5.82 Å². The SMILES string of the molecule is COC(=O)c1nccc(N(CC2CCNCC2)C2CC2)n1. The van der Waals surface area contributed by atoms with E-state index in [9.17, 15) is 4.79 Å². The Balaban J connectivity index is 1.75. The van der Waals surface area contributed by atoms with Crippen LogP contribution in [0.1, 0.15) is 36.3 Å². The number of methoxy groups -OCH3 is 1. The van der Waals surface area contributed by atoms with Crippen molar-refractivity contribution < 1.29 is 9.53 Å². The minimum absolute atomic E-state index is 0.144. The van der Waals surface area contributed by atoms with Crippen LogP contribution in [0.4, 0.5) is 5.82 Å². The second-order valence-corrected chi connectivity index (χ2v) is 5.81. The van der Waals surface area contributed by atoms with Crippen LogP contribution in [0.25, 0.3) is 0 Å². The summed E-state index contributed by atoms with van der Waals surface area (Å²) in [4.78, 5) is 22.3. The van der Waals surface area contributed by atoms with Gasteiger partial charge in [0, 0.05) is 18.8 Å². The van der Waals surface area contributed by atoms with Crippen molar-refractivity contribution in [1.82, 2.24) is 15.3 Å². The number of esters is 1. The summed E-state index contributed by atoms with van der Waals surface area (Å²) in [6, 6.07) is 2.46. The van der Waals surface area contributed by atoms with Crippen LogP contribution in [-0.4, -0.2) is 48.7 Å². The van der Waals surface area contributed by atoms with Crippen molar-refractivity contribution in [3.8, 4) is 0 Å². The Labute approximate surface area is 124 Å². The van der Waals surface area contributed by atoms with Crippen LogP contribution in [0.15, 0.2) is 12.3 Å². The van der Waals surface area contributed by atoms with Crippen LogP contribution >= 0.6 is 0 Å². The lowest BCUT2D eigenvalue weighted by atomic mass is 9.97. The molecule has 0 radical (unpaired) electrons. The molecule has 6 nitrogen and oxygen atoms in total. The molecule has 2 heterocycles. The van der Waals surface area contributed by atoms with E-state index in [1.54, 1.807) is 6.20 Å². The summed E-state index contributed by atoms with van der Waals surface area (Å²) in [7, 11) is 1.35. The average Bonchev–Trinajstić information content (AvgIpc) is 3.38. The van der Waals surface area contributed by atoms with Gasteiger partial charge in [-0.1, -0.05) is 0 Å². The molecule has 1 saturated heterocycles. The first-order chi connectivity index (χ1) is 10.3. The topological polar surface area (TPSA) is 67.3 Å². The average molecular weight is 290 g/mol. The smallest absolute Gasteiger partial charge is 0.376 e. The molecule has 3 rings (SSSR count). The third kappa shape index (κ3) is 3.50. The molecular weight excluding hydrogens is 268 g/mol. The van der Waals surface area contributed by atoms with E-state index in [4.69, 9.17) is 4.74 Å². The molecule has 0 spiro atoms. The Morgan fingerprint density at radius 3 is 2.81 bits per heavy atom. The highest BCUT2D eigenvalue weighted by Gasteiger charge is 2.32. The van der Waals surface area contributed by atoms with Crippen LogP contribution in [0, 0.1) is 5.92 Å². The molecule has 2 aliphatic rings. The van der Waals surface area contributed by atoms with Crippen LogP contribution < -0.4 is 10.2 Å². The third-order valence-corrected chi connectivity index (χ3v) is 4.20. The molecule has 2 fully saturated rings. The Bertz CT molecular complexity index is 498. The highest BCUT2D eigenvalue weighted by Crippen LogP contribution is 2.32. The van der Waals surface area contributed by atoms with Gasteiger partial charge in [-0.05, 0) is 50.8 Å². The molecule has 0 unspecified atom stereocenters. The number of carbonyl (C=O) groups is 1. The minimum atomic E-state index is -0.477. The Morgan fingerprint density at radius 2 is 2.14 bits per heavy atom. The van der Waals surface area contributed by atoms with Gasteiger partial charge >= 0.3 is 5.97 Å². The number of aromatic nitrogens is 2. The molecule has 0 bridgehead atoms. The summed E-state index contributed by atoms with van der Waals surface area (Å²) in [5, 5.41) is 3.40. The maximum Gasteiger partial charge on any atom is 0.376 e. The third-order valence-electron chi connectivity index (χ3n) is 4.20. The summed E-state index contributed by atoms with van der Waals surface area (Å²) in [5.74, 6) is 1.22. The van der Waals surface area contributed by atoms with E-state index < -0.39 is 5.97 Å². The van der Waals surface area contributed by atoms with Gasteiger partial charge in [0.15, 0.2) is 0 Å². The van der Waals surface area contributed by atoms with Crippen molar-refractivity contribution in [1.29, 1.82) is 0 Å². The van der Waals surface area contributed by atoms with E-state index in [1.807, 2.05) is 6.07 Å². The van der Waals surface area contributed by atoms with Gasteiger partial charge in [-0.15, -0.1) is 0 Å². The zero-order chi connectivity index (χ0) is 14.7. The number of hydrogen-bond donors (Lipinski definition) is 1. The zero-order valence-electron chi connectivity index (χ0n) is 12.4. The minimum Gasteiger partial charge on any atom is -0.463 e. The maximum absolute atomic E-state index is 11.6. The van der Waals surface area contributed by atoms with Gasteiger partial charge in [-0.3, -0.25) is 0 Å². The summed E-state index contributed by atoms with van der Waals surface area (Å²) in [5.41, 5.74) is 0. The maximum atomic E-state index is 11.6. The summed E-state index contributed by atoms with van der Waals surface area (Å²) in [6.45, 7) is 3.21. The molecule has 1 saturated carbocycles. The van der Waals surface area contributed by atoms with Crippen LogP contribution in [0.5, 0.6) is 0 Å². The van der Waals surface area contributed by atoms with Crippen LogP contribution in [-0.2, 0) is 4.74 Å². The number of nitrogens with one attached hydrogen (secondary N) is 1. The van der Waals surface area contributed by atoms with E-state index in [1.165, 1.54) is 32.8 Å². The number of nitrogens with zero attached hydrogens (tertiary/aromatic N) is 3. The van der Waals surface area contributed by atoms with Crippen molar-refractivity contribution >= 4 is 11.8 Å². The number of hydrogen-bond acceptors (Lipinski definition) is 6. The first-order valence-corrected chi connectivity index (χ1v) is 7.66. The van der Waals surface area contributed by atoms with Gasteiger partial charge in [0.25, 0.3) is 0 Å². The van der Waals surface area contributed by atoms with Crippen molar-refractivity contribution in [3.05, 3.63) is 18.1 Å². The van der Waals surface area contributed by atoms with Crippen molar-refractivity contribution in [3.63, 3.8) is 0 Å². The largest absolute Gasteiger partial charge is 0.463 e. The number of ether oxygens (including phenoxy) is 1. The molecule has 1 aliphatic heterocycles. The number of carbonyl (C=O) groups excluding carboxylic acids is 1. The summed E-state index contributed by atoms with van der Waals surface area (Å²) >= 11 is 0. The molecule has 1 aromatic rings. The first-order valence-electron chi connectivity index (χ1n) is 7.66. The van der Waals surface area contributed by atoms with Gasteiger partial charge in [-0.2, -0.15) is 0 Å². The molecule has 1 N–H and O–H groups in total. The molecular formula is C15H22N4O2. The fraction of sp³-hybridized carbons (Fsp3) is 0.667. The fourth-order valence-corrected chi connectivity index (χ4v) is 2.86. The number of anilines is 1. The normalized spacial score (nSPS) is 19.3. The lowest BCUT2D eigenvalue weighted by molar-refractivity contribution is 0.0586. The Morgan fingerprint density at radius 1 is 1.38 bits per heavy atom. The van der Waals surface area contributed by atoms with Crippen LogP contribution in [0.3, 0.4) is 0 Å². The molecule has 6 heteroatoms. The number of piperidine rings is 1. The van der Waals surface area contributed by atoms with E-state index >= 15 is 0 Å². The van der Waals surface area contributed by atoms with E-state index in [0.717, 1.165) is 25.5 Å². The molecule has 0 atom stereocenters. The standard InChI is InChI=1S/C15H22N4O2/c1-21-15(20)14-17-9-6-13(18-14)19(12-2-3-12)10-11-4-7-16-8-5-11/h6,9,11-12,16H,2-5,7-8,10H2,1H3. The molecule has 21 heavy (non-hydrogen) atoms. The zero-order valence-corrected chi connectivity index (χ0v) is 12.4. The molecule has 0 aromatic carbocycles. The highest BCUT2D eigenvalue weighted by atomic mass is 16.5. The van der Waals surface area contributed by atoms with Gasteiger partial charge in [0.2, 0.25) is 5.82 Å². The molecule has 0 amide bonds. The molecule has 1 aliphatic carbocycles. The Hall–Kier alpha value is -1.69. The van der Waals surface area contributed by atoms with Gasteiger partial charge in [-0.25, -0.2) is 14.8 Å². The summed E-state index contributed by atoms with van der Waals surface area (Å²) < 4.78 is 4.71. The van der Waals surface area contributed by atoms with Crippen molar-refractivity contribution in [2.45, 2.75) is 31.7 Å². The molecule has 114 valence electrons. The molecule has 1 aromatic heterocycles. The lowest BCUT2D eigenvalue weighted by Crippen LogP contribution is -2.38. The van der Waals surface area contributed by atoms with Crippen LogP contribution in [0.2, 0.25) is 0 Å². The highest BCUT2D eigenvalue weighted by molar-refractivity contribution is 5.85. The van der Waals surface area contributed by atoms with E-state index in [2.05, 4.69) is 20.2 Å². The fourth-order valence-electron chi connectivity index (χ4n) is 2.86. The predicted molar refractivity (Wildman–Crippen MR) is 79.3 cm³/mol. The predicted octanol–water partition coefficient (Wildman–Crippen LogP) is 1.23. The monoisotopic (exact) mass is 290 g/mol. The second kappa shape index (κ2) is 6.39. The lowest BCUT2D eigenvalue weighted by Gasteiger charge is -2.31. The van der Waals surface area contributed by atoms with Gasteiger partial charge in [0.05, 0.1) is 7.11 Å². The Kier molecular flexibility index (Phi) is 4.34. The van der Waals surface area contributed by atoms with E-state index in [-0.39, 0.29) is 5.82 Å².